The zero-order chi connectivity index (χ0) is 13.3. The number of carbonyl (C=O) groups is 1. The number of hydrogen-bond donors (Lipinski definition) is 2. The Hall–Kier alpha value is -2.10. The molecule has 4 nitrogen and oxygen atoms in total. The molecule has 94 valence electrons. The normalized spacial score (nSPS) is 10.6. The molecule has 0 aliphatic heterocycles. The van der Waals surface area contributed by atoms with Crippen molar-refractivity contribution in [3.8, 4) is 11.3 Å². The number of aliphatic carboxylic acids is 1. The van der Waals surface area contributed by atoms with Crippen molar-refractivity contribution in [2.24, 2.45) is 0 Å². The van der Waals surface area contributed by atoms with E-state index in [-0.39, 0.29) is 6.42 Å². The first-order valence-corrected chi connectivity index (χ1v) is 5.82. The van der Waals surface area contributed by atoms with E-state index in [2.05, 4.69) is 9.97 Å². The molecule has 0 aliphatic carbocycles. The predicted molar refractivity (Wildman–Crippen MR) is 69.6 cm³/mol. The van der Waals surface area contributed by atoms with Crippen LogP contribution in [0.25, 0.3) is 11.3 Å². The van der Waals surface area contributed by atoms with Crippen molar-refractivity contribution in [3.63, 3.8) is 0 Å². The van der Waals surface area contributed by atoms with Gasteiger partial charge in [0.05, 0.1) is 17.8 Å². The van der Waals surface area contributed by atoms with E-state index in [1.807, 2.05) is 39.0 Å². The molecule has 18 heavy (non-hydrogen) atoms. The van der Waals surface area contributed by atoms with E-state index in [1.54, 1.807) is 0 Å². The fraction of sp³-hybridized carbons (Fsp3) is 0.286. The molecule has 0 atom stereocenters. The van der Waals surface area contributed by atoms with Crippen LogP contribution in [0.15, 0.2) is 18.2 Å². The fourth-order valence-corrected chi connectivity index (χ4v) is 1.95. The second-order valence-corrected chi connectivity index (χ2v) is 4.52. The zero-order valence-corrected chi connectivity index (χ0v) is 10.7. The average molecular weight is 244 g/mol. The summed E-state index contributed by atoms with van der Waals surface area (Å²) in [6.07, 6.45) is -0.0386. The molecule has 0 unspecified atom stereocenters. The summed E-state index contributed by atoms with van der Waals surface area (Å²) >= 11 is 0. The largest absolute Gasteiger partial charge is 0.481 e. The number of carboxylic acids is 1. The van der Waals surface area contributed by atoms with Crippen LogP contribution in [0, 0.1) is 20.8 Å². The van der Waals surface area contributed by atoms with E-state index in [0.717, 1.165) is 17.1 Å². The Bertz CT molecular complexity index is 600. The van der Waals surface area contributed by atoms with E-state index < -0.39 is 5.97 Å². The monoisotopic (exact) mass is 244 g/mol. The molecule has 0 amide bonds. The lowest BCUT2D eigenvalue weighted by Crippen LogP contribution is -2.02. The molecule has 1 aromatic carbocycles. The van der Waals surface area contributed by atoms with Crippen molar-refractivity contribution in [2.45, 2.75) is 27.2 Å². The highest BCUT2D eigenvalue weighted by atomic mass is 16.4. The van der Waals surface area contributed by atoms with Crippen LogP contribution in [0.4, 0.5) is 0 Å². The molecule has 1 heterocycles. The Balaban J connectivity index is 2.49. The molecule has 0 aliphatic rings. The third-order valence-electron chi connectivity index (χ3n) is 3.01. The number of nitrogens with one attached hydrogen (secondary N) is 1. The minimum atomic E-state index is -0.858. The molecule has 4 heteroatoms. The lowest BCUT2D eigenvalue weighted by atomic mass is 10.0. The topological polar surface area (TPSA) is 66.0 Å². The van der Waals surface area contributed by atoms with Crippen molar-refractivity contribution in [2.75, 3.05) is 0 Å². The van der Waals surface area contributed by atoms with Crippen molar-refractivity contribution >= 4 is 5.97 Å². The highest BCUT2D eigenvalue weighted by Crippen LogP contribution is 2.24. The standard InChI is InChI=1S/C14H16N2O2/c1-8-4-5-11(6-9(8)2)14-12(7-13(17)18)15-10(3)16-14/h4-6H,7H2,1-3H3,(H,15,16)(H,17,18). The first-order valence-electron chi connectivity index (χ1n) is 5.82. The number of carboxylic acid groups (broad SMARTS) is 1. The second-order valence-electron chi connectivity index (χ2n) is 4.52. The molecule has 0 spiro atoms. The first kappa shape index (κ1) is 12.4. The summed E-state index contributed by atoms with van der Waals surface area (Å²) in [7, 11) is 0. The summed E-state index contributed by atoms with van der Waals surface area (Å²) in [4.78, 5) is 18.2. The molecule has 0 bridgehead atoms. The molecular weight excluding hydrogens is 228 g/mol. The zero-order valence-electron chi connectivity index (χ0n) is 10.7. The average Bonchev–Trinajstić information content (AvgIpc) is 2.62. The number of aromatic nitrogens is 2. The maximum atomic E-state index is 10.8. The van der Waals surface area contributed by atoms with E-state index in [9.17, 15) is 4.79 Å². The Labute approximate surface area is 106 Å². The van der Waals surface area contributed by atoms with Crippen LogP contribution in [-0.2, 0) is 11.2 Å². The lowest BCUT2D eigenvalue weighted by Gasteiger charge is -2.04. The maximum Gasteiger partial charge on any atom is 0.309 e. The van der Waals surface area contributed by atoms with E-state index in [0.29, 0.717) is 5.69 Å². The van der Waals surface area contributed by atoms with Crippen molar-refractivity contribution in [1.29, 1.82) is 0 Å². The van der Waals surface area contributed by atoms with Gasteiger partial charge in [-0.3, -0.25) is 4.79 Å². The van der Waals surface area contributed by atoms with Crippen molar-refractivity contribution in [1.82, 2.24) is 9.97 Å². The summed E-state index contributed by atoms with van der Waals surface area (Å²) in [6.45, 7) is 5.91. The highest BCUT2D eigenvalue weighted by molar-refractivity contribution is 5.74. The number of imidazole rings is 1. The van der Waals surface area contributed by atoms with Crippen LogP contribution in [-0.4, -0.2) is 21.0 Å². The summed E-state index contributed by atoms with van der Waals surface area (Å²) in [5, 5.41) is 8.90. The minimum Gasteiger partial charge on any atom is -0.481 e. The molecule has 0 fully saturated rings. The van der Waals surface area contributed by atoms with Gasteiger partial charge in [0.15, 0.2) is 0 Å². The molecule has 1 aromatic heterocycles. The summed E-state index contributed by atoms with van der Waals surface area (Å²) in [6, 6.07) is 6.04. The van der Waals surface area contributed by atoms with Gasteiger partial charge in [-0.15, -0.1) is 0 Å². The van der Waals surface area contributed by atoms with Crippen LogP contribution < -0.4 is 0 Å². The third-order valence-corrected chi connectivity index (χ3v) is 3.01. The van der Waals surface area contributed by atoms with Gasteiger partial charge in [-0.1, -0.05) is 12.1 Å². The van der Waals surface area contributed by atoms with E-state index >= 15 is 0 Å². The Morgan fingerprint density at radius 2 is 2.00 bits per heavy atom. The van der Waals surface area contributed by atoms with Gasteiger partial charge in [-0.2, -0.15) is 0 Å². The van der Waals surface area contributed by atoms with Gasteiger partial charge in [-0.25, -0.2) is 4.98 Å². The first-order chi connectivity index (χ1) is 8.47. The van der Waals surface area contributed by atoms with Crippen LogP contribution in [0.5, 0.6) is 0 Å². The molecule has 0 radical (unpaired) electrons. The second kappa shape index (κ2) is 4.64. The number of aryl methyl sites for hydroxylation is 3. The van der Waals surface area contributed by atoms with Crippen LogP contribution in [0.1, 0.15) is 22.6 Å². The number of hydrogen-bond acceptors (Lipinski definition) is 2. The molecule has 2 rings (SSSR count). The fourth-order valence-electron chi connectivity index (χ4n) is 1.95. The molecule has 0 saturated carbocycles. The number of rotatable bonds is 3. The quantitative estimate of drug-likeness (QED) is 0.872. The third kappa shape index (κ3) is 2.42. The van der Waals surface area contributed by atoms with Gasteiger partial charge in [0.2, 0.25) is 0 Å². The predicted octanol–water partition coefficient (Wildman–Crippen LogP) is 2.63. The SMILES string of the molecule is Cc1nc(-c2ccc(C)c(C)c2)c(CC(=O)O)[nH]1. The number of H-pyrrole nitrogens is 1. The smallest absolute Gasteiger partial charge is 0.309 e. The highest BCUT2D eigenvalue weighted by Gasteiger charge is 2.13. The van der Waals surface area contributed by atoms with E-state index in [1.165, 1.54) is 11.1 Å². The van der Waals surface area contributed by atoms with E-state index in [4.69, 9.17) is 5.11 Å². The molecule has 2 aromatic rings. The van der Waals surface area contributed by atoms with Crippen LogP contribution in [0.2, 0.25) is 0 Å². The Morgan fingerprint density at radius 1 is 1.28 bits per heavy atom. The van der Waals surface area contributed by atoms with Gasteiger partial charge in [0.25, 0.3) is 0 Å². The summed E-state index contributed by atoms with van der Waals surface area (Å²) < 4.78 is 0. The van der Waals surface area contributed by atoms with Gasteiger partial charge >= 0.3 is 5.97 Å². The number of nitrogens with zero attached hydrogens (tertiary/aromatic N) is 1. The van der Waals surface area contributed by atoms with Crippen LogP contribution >= 0.6 is 0 Å². The Kier molecular flexibility index (Phi) is 3.19. The van der Waals surface area contributed by atoms with Gasteiger partial charge in [0.1, 0.15) is 5.82 Å². The van der Waals surface area contributed by atoms with Gasteiger partial charge in [0, 0.05) is 5.56 Å². The minimum absolute atomic E-state index is 0.0386. The number of benzene rings is 1. The lowest BCUT2D eigenvalue weighted by molar-refractivity contribution is -0.136. The molecule has 2 N–H and O–H groups in total. The van der Waals surface area contributed by atoms with Crippen molar-refractivity contribution in [3.05, 3.63) is 40.8 Å². The van der Waals surface area contributed by atoms with Crippen molar-refractivity contribution < 1.29 is 9.90 Å². The van der Waals surface area contributed by atoms with Crippen LogP contribution in [0.3, 0.4) is 0 Å². The maximum absolute atomic E-state index is 10.8. The number of aromatic amines is 1. The van der Waals surface area contributed by atoms with Gasteiger partial charge in [-0.05, 0) is 38.0 Å². The Morgan fingerprint density at radius 3 is 2.61 bits per heavy atom. The summed E-state index contributed by atoms with van der Waals surface area (Å²) in [5.74, 6) is -0.122. The van der Waals surface area contributed by atoms with Gasteiger partial charge < -0.3 is 10.1 Å². The molecule has 0 saturated heterocycles. The summed E-state index contributed by atoms with van der Waals surface area (Å²) in [5.41, 5.74) is 4.74. The molecular formula is C14H16N2O2.